The van der Waals surface area contributed by atoms with Crippen LogP contribution in [-0.4, -0.2) is 20.7 Å². The fourth-order valence-corrected chi connectivity index (χ4v) is 3.41. The third-order valence-corrected chi connectivity index (χ3v) is 4.81. The Bertz CT molecular complexity index is 1250. The fraction of sp³-hybridized carbons (Fsp3) is 0. The van der Waals surface area contributed by atoms with Crippen molar-refractivity contribution in [3.8, 4) is 5.75 Å². The van der Waals surface area contributed by atoms with Crippen LogP contribution in [0.15, 0.2) is 58.8 Å². The number of non-ortho nitro benzene ring substituents is 1. The van der Waals surface area contributed by atoms with Crippen LogP contribution in [0.2, 0.25) is 0 Å². The molecule has 0 saturated carbocycles. The van der Waals surface area contributed by atoms with E-state index in [4.69, 9.17) is 0 Å². The van der Waals surface area contributed by atoms with Gasteiger partial charge in [-0.25, -0.2) is 0 Å². The number of rotatable bonds is 4. The summed E-state index contributed by atoms with van der Waals surface area (Å²) in [6, 6.07) is 13.0. The average molecular weight is 378 g/mol. The highest BCUT2D eigenvalue weighted by molar-refractivity contribution is 7.11. The zero-order valence-electron chi connectivity index (χ0n) is 13.6. The second kappa shape index (κ2) is 6.54. The van der Waals surface area contributed by atoms with E-state index in [0.29, 0.717) is 27.6 Å². The molecule has 27 heavy (non-hydrogen) atoms. The minimum Gasteiger partial charge on any atom is -0.505 e. The molecule has 8 nitrogen and oxygen atoms in total. The van der Waals surface area contributed by atoms with Gasteiger partial charge in [0.15, 0.2) is 17.0 Å². The van der Waals surface area contributed by atoms with Gasteiger partial charge in [0, 0.05) is 22.9 Å². The van der Waals surface area contributed by atoms with Crippen LogP contribution < -0.4 is 0 Å². The number of phenols is 1. The molecule has 1 aromatic heterocycles. The Morgan fingerprint density at radius 3 is 2.70 bits per heavy atom. The first kappa shape index (κ1) is 16.7. The van der Waals surface area contributed by atoms with E-state index in [1.165, 1.54) is 12.1 Å². The maximum atomic E-state index is 11.2. The quantitative estimate of drug-likeness (QED) is 0.224. The van der Waals surface area contributed by atoms with Crippen molar-refractivity contribution in [3.05, 3.63) is 64.2 Å². The zero-order valence-corrected chi connectivity index (χ0v) is 14.4. The minimum atomic E-state index is -0.495. The first-order valence-corrected chi connectivity index (χ1v) is 8.51. The number of benzene rings is 3. The molecule has 0 aliphatic rings. The number of fused-ring (bicyclic) bond motifs is 2. The number of hydrogen-bond acceptors (Lipinski definition) is 8. The van der Waals surface area contributed by atoms with Gasteiger partial charge in [-0.05, 0) is 29.1 Å². The third-order valence-electron chi connectivity index (χ3n) is 4.04. The summed E-state index contributed by atoms with van der Waals surface area (Å²) >= 11 is 1.04. The number of carbonyl (C=O) groups excluding carboxylic acids is 1. The Hall–Kier alpha value is -3.72. The monoisotopic (exact) mass is 378 g/mol. The maximum Gasteiger partial charge on any atom is 0.270 e. The number of azo groups is 1. The van der Waals surface area contributed by atoms with Gasteiger partial charge in [0.05, 0.1) is 16.0 Å². The van der Waals surface area contributed by atoms with Gasteiger partial charge in [-0.15, -0.1) is 10.2 Å². The van der Waals surface area contributed by atoms with Crippen LogP contribution in [0, 0.1) is 10.1 Å². The first-order chi connectivity index (χ1) is 13.1. The number of aromatic nitrogens is 1. The van der Waals surface area contributed by atoms with Crippen LogP contribution in [-0.2, 0) is 0 Å². The predicted octanol–water partition coefficient (Wildman–Crippen LogP) is 5.29. The summed E-state index contributed by atoms with van der Waals surface area (Å²) in [4.78, 5) is 21.7. The molecule has 0 spiro atoms. The molecule has 1 heterocycles. The highest BCUT2D eigenvalue weighted by Gasteiger charge is 2.14. The van der Waals surface area contributed by atoms with Crippen molar-refractivity contribution in [1.29, 1.82) is 0 Å². The molecular weight excluding hydrogens is 368 g/mol. The molecule has 0 aliphatic carbocycles. The van der Waals surface area contributed by atoms with Crippen LogP contribution in [0.25, 0.3) is 21.7 Å². The lowest BCUT2D eigenvalue weighted by molar-refractivity contribution is -0.384. The molecule has 0 atom stereocenters. The van der Waals surface area contributed by atoms with Gasteiger partial charge in [-0.2, -0.15) is 4.37 Å². The van der Waals surface area contributed by atoms with E-state index >= 15 is 0 Å². The molecule has 132 valence electrons. The van der Waals surface area contributed by atoms with E-state index in [9.17, 15) is 20.0 Å². The van der Waals surface area contributed by atoms with E-state index in [1.807, 2.05) is 6.07 Å². The Kier molecular flexibility index (Phi) is 4.05. The molecule has 0 amide bonds. The Balaban J connectivity index is 1.87. The summed E-state index contributed by atoms with van der Waals surface area (Å²) in [7, 11) is 0. The molecule has 0 radical (unpaired) electrons. The Labute approximate surface area is 155 Å². The van der Waals surface area contributed by atoms with Crippen LogP contribution >= 0.6 is 11.5 Å². The van der Waals surface area contributed by atoms with E-state index in [1.54, 1.807) is 30.3 Å². The van der Waals surface area contributed by atoms with Crippen LogP contribution in [0.3, 0.4) is 0 Å². The second-order valence-electron chi connectivity index (χ2n) is 5.65. The van der Waals surface area contributed by atoms with Gasteiger partial charge in [0.1, 0.15) is 5.69 Å². The van der Waals surface area contributed by atoms with Crippen LogP contribution in [0.1, 0.15) is 10.4 Å². The summed E-state index contributed by atoms with van der Waals surface area (Å²) in [5, 5.41) is 31.8. The van der Waals surface area contributed by atoms with E-state index < -0.39 is 4.92 Å². The number of aldehydes is 1. The summed E-state index contributed by atoms with van der Waals surface area (Å²) in [5.74, 6) is -0.271. The lowest BCUT2D eigenvalue weighted by atomic mass is 10.0. The normalized spacial score (nSPS) is 11.4. The average Bonchev–Trinajstić information content (AvgIpc) is 3.09. The molecular formula is C18H10N4O4S. The Morgan fingerprint density at radius 2 is 1.93 bits per heavy atom. The van der Waals surface area contributed by atoms with Gasteiger partial charge < -0.3 is 5.11 Å². The summed E-state index contributed by atoms with van der Waals surface area (Å²) in [6.07, 6.45) is 0.548. The maximum absolute atomic E-state index is 11.2. The molecule has 3 aromatic carbocycles. The molecule has 4 rings (SSSR count). The molecule has 1 N–H and O–H groups in total. The first-order valence-electron chi connectivity index (χ1n) is 7.74. The number of phenolic OH excluding ortho intramolecular Hbond substituents is 1. The Morgan fingerprint density at radius 1 is 1.11 bits per heavy atom. The number of nitrogens with zero attached hydrogens (tertiary/aromatic N) is 4. The van der Waals surface area contributed by atoms with Crippen molar-refractivity contribution in [1.82, 2.24) is 4.37 Å². The number of carbonyl (C=O) groups is 1. The van der Waals surface area contributed by atoms with Crippen molar-refractivity contribution in [3.63, 3.8) is 0 Å². The lowest BCUT2D eigenvalue weighted by Crippen LogP contribution is -1.86. The molecule has 0 saturated heterocycles. The van der Waals surface area contributed by atoms with Crippen molar-refractivity contribution < 1.29 is 14.8 Å². The van der Waals surface area contributed by atoms with Crippen molar-refractivity contribution in [2.45, 2.75) is 0 Å². The predicted molar refractivity (Wildman–Crippen MR) is 101 cm³/mol. The second-order valence-corrected chi connectivity index (χ2v) is 6.40. The SMILES string of the molecule is O=Cc1cc2ccccc2c(N=Nc2snc3ccc([N+](=O)[O-])cc23)c1O. The van der Waals surface area contributed by atoms with Gasteiger partial charge >= 0.3 is 0 Å². The topological polar surface area (TPSA) is 118 Å². The number of hydrogen-bond donors (Lipinski definition) is 1. The highest BCUT2D eigenvalue weighted by atomic mass is 32.1. The van der Waals surface area contributed by atoms with Crippen molar-refractivity contribution in [2.24, 2.45) is 10.2 Å². The minimum absolute atomic E-state index is 0.0737. The van der Waals surface area contributed by atoms with Crippen molar-refractivity contribution >= 4 is 55.9 Å². The van der Waals surface area contributed by atoms with E-state index in [-0.39, 0.29) is 22.7 Å². The molecule has 0 aliphatic heterocycles. The third kappa shape index (κ3) is 2.89. The van der Waals surface area contributed by atoms with Gasteiger partial charge in [-0.1, -0.05) is 24.3 Å². The molecule has 0 bridgehead atoms. The molecule has 4 aromatic rings. The highest BCUT2D eigenvalue weighted by Crippen LogP contribution is 2.40. The summed E-state index contributed by atoms with van der Waals surface area (Å²) in [6.45, 7) is 0. The standard InChI is InChI=1S/C18H10N4O4S/c23-9-11-7-10-3-1-2-4-13(10)16(17(11)24)19-20-18-14-8-12(22(25)26)5-6-15(14)21-27-18/h1-9,24H. The number of nitro benzene ring substituents is 1. The lowest BCUT2D eigenvalue weighted by Gasteiger charge is -2.06. The number of aromatic hydroxyl groups is 1. The molecule has 9 heteroatoms. The molecule has 0 fully saturated rings. The van der Waals surface area contributed by atoms with Gasteiger partial charge in [0.25, 0.3) is 5.69 Å². The van der Waals surface area contributed by atoms with E-state index in [0.717, 1.165) is 16.9 Å². The summed E-state index contributed by atoms with van der Waals surface area (Å²) < 4.78 is 4.20. The summed E-state index contributed by atoms with van der Waals surface area (Å²) in [5.41, 5.74) is 0.750. The van der Waals surface area contributed by atoms with Crippen molar-refractivity contribution in [2.75, 3.05) is 0 Å². The van der Waals surface area contributed by atoms with Gasteiger partial charge in [0.2, 0.25) is 0 Å². The van der Waals surface area contributed by atoms with Gasteiger partial charge in [-0.3, -0.25) is 14.9 Å². The molecule has 0 unspecified atom stereocenters. The van der Waals surface area contributed by atoms with Crippen LogP contribution in [0.4, 0.5) is 16.4 Å². The van der Waals surface area contributed by atoms with E-state index in [2.05, 4.69) is 14.6 Å². The smallest absolute Gasteiger partial charge is 0.270 e. The zero-order chi connectivity index (χ0) is 19.0. The van der Waals surface area contributed by atoms with Crippen LogP contribution in [0.5, 0.6) is 5.75 Å². The largest absolute Gasteiger partial charge is 0.505 e. The fourth-order valence-electron chi connectivity index (χ4n) is 2.73. The number of nitro groups is 1.